The molecular weight excluding hydrogens is 496 g/mol. The molecule has 1 aliphatic rings. The van der Waals surface area contributed by atoms with Crippen LogP contribution in [0.2, 0.25) is 18.1 Å². The van der Waals surface area contributed by atoms with Crippen LogP contribution in [0.3, 0.4) is 0 Å². The molecule has 1 aromatic carbocycles. The minimum atomic E-state index is -1.73. The Morgan fingerprint density at radius 2 is 1.88 bits per heavy atom. The van der Waals surface area contributed by atoms with E-state index >= 15 is 0 Å². The third-order valence-corrected chi connectivity index (χ3v) is 12.6. The number of nitrogens with zero attached hydrogens (tertiary/aromatic N) is 1. The van der Waals surface area contributed by atoms with Crippen molar-refractivity contribution in [2.45, 2.75) is 95.4 Å². The average molecular weight is 538 g/mol. The molecule has 0 radical (unpaired) electrons. The molecule has 1 saturated heterocycles. The molecule has 5 nitrogen and oxygen atoms in total. The molecule has 184 valence electrons. The SMILES string of the molecule is CC(C)(C)OC(=O)N1CCCC(c2ccc3[nH]c(CCO[Si](C)(C)C(C)(C)C)cc3c2)C1Br. The van der Waals surface area contributed by atoms with Crippen molar-refractivity contribution in [2.24, 2.45) is 0 Å². The number of hydrogen-bond acceptors (Lipinski definition) is 3. The standard InChI is InChI=1S/C26H41BrN2O3Si/c1-25(2,3)32-24(30)29-14-9-10-21(23(29)27)18-11-12-22-19(16-18)17-20(28-22)13-15-31-33(7,8)26(4,5)6/h11-12,16-17,21,23,28H,9-10,13-15H2,1-8H3. The normalized spacial score (nSPS) is 20.3. The van der Waals surface area contributed by atoms with E-state index in [-0.39, 0.29) is 22.0 Å². The third kappa shape index (κ3) is 6.43. The van der Waals surface area contributed by atoms with Crippen molar-refractivity contribution >= 4 is 41.2 Å². The van der Waals surface area contributed by atoms with Gasteiger partial charge in [0.15, 0.2) is 8.32 Å². The molecule has 1 aromatic heterocycles. The van der Waals surface area contributed by atoms with E-state index in [0.29, 0.717) is 6.54 Å². The zero-order valence-electron chi connectivity index (χ0n) is 21.5. The van der Waals surface area contributed by atoms with Crippen molar-refractivity contribution < 1.29 is 14.0 Å². The fourth-order valence-corrected chi connectivity index (χ4v) is 5.99. The summed E-state index contributed by atoms with van der Waals surface area (Å²) < 4.78 is 12.0. The van der Waals surface area contributed by atoms with Crippen LogP contribution in [0.5, 0.6) is 0 Å². The van der Waals surface area contributed by atoms with Gasteiger partial charge in [0.25, 0.3) is 0 Å². The molecule has 3 rings (SSSR count). The lowest BCUT2D eigenvalue weighted by Gasteiger charge is -2.39. The van der Waals surface area contributed by atoms with Gasteiger partial charge < -0.3 is 14.1 Å². The van der Waals surface area contributed by atoms with E-state index in [0.717, 1.165) is 31.4 Å². The second-order valence-electron chi connectivity index (χ2n) is 11.8. The van der Waals surface area contributed by atoms with Crippen molar-refractivity contribution in [3.05, 3.63) is 35.5 Å². The van der Waals surface area contributed by atoms with Crippen LogP contribution in [0.25, 0.3) is 10.9 Å². The smallest absolute Gasteiger partial charge is 0.411 e. The Balaban J connectivity index is 1.70. The number of carbonyl (C=O) groups is 1. The summed E-state index contributed by atoms with van der Waals surface area (Å²) in [6, 6.07) is 8.86. The van der Waals surface area contributed by atoms with E-state index in [1.165, 1.54) is 16.6 Å². The fraction of sp³-hybridized carbons (Fsp3) is 0.654. The molecule has 33 heavy (non-hydrogen) atoms. The maximum atomic E-state index is 12.7. The number of fused-ring (bicyclic) bond motifs is 1. The highest BCUT2D eigenvalue weighted by Gasteiger charge is 2.37. The molecule has 0 saturated carbocycles. The Labute approximate surface area is 208 Å². The number of benzene rings is 1. The van der Waals surface area contributed by atoms with Crippen molar-refractivity contribution in [3.8, 4) is 0 Å². The van der Waals surface area contributed by atoms with Crippen molar-refractivity contribution in [1.82, 2.24) is 9.88 Å². The number of carbonyl (C=O) groups excluding carboxylic acids is 1. The molecule has 0 aliphatic carbocycles. The van der Waals surface area contributed by atoms with E-state index < -0.39 is 13.9 Å². The van der Waals surface area contributed by atoms with Crippen LogP contribution in [0.4, 0.5) is 4.79 Å². The number of piperidine rings is 1. The highest BCUT2D eigenvalue weighted by Crippen LogP contribution is 2.38. The lowest BCUT2D eigenvalue weighted by atomic mass is 9.90. The van der Waals surface area contributed by atoms with Gasteiger partial charge in [0.2, 0.25) is 0 Å². The molecule has 2 unspecified atom stereocenters. The van der Waals surface area contributed by atoms with Gasteiger partial charge in [0.1, 0.15) is 5.60 Å². The Morgan fingerprint density at radius 1 is 1.18 bits per heavy atom. The zero-order chi connectivity index (χ0) is 24.6. The molecule has 1 fully saturated rings. The van der Waals surface area contributed by atoms with Gasteiger partial charge in [-0.15, -0.1) is 0 Å². The lowest BCUT2D eigenvalue weighted by molar-refractivity contribution is 0.0171. The number of nitrogens with one attached hydrogen (secondary N) is 1. The van der Waals surface area contributed by atoms with Crippen molar-refractivity contribution in [3.63, 3.8) is 0 Å². The van der Waals surface area contributed by atoms with Crippen LogP contribution >= 0.6 is 15.9 Å². The largest absolute Gasteiger partial charge is 0.444 e. The van der Waals surface area contributed by atoms with Crippen molar-refractivity contribution in [1.29, 1.82) is 0 Å². The first kappa shape index (κ1) is 26.3. The molecule has 2 aromatic rings. The quantitative estimate of drug-likeness (QED) is 0.243. The molecular formula is C26H41BrN2O3Si. The summed E-state index contributed by atoms with van der Waals surface area (Å²) in [6.45, 7) is 18.6. The summed E-state index contributed by atoms with van der Waals surface area (Å²) in [5.41, 5.74) is 3.11. The second kappa shape index (κ2) is 9.74. The average Bonchev–Trinajstić information content (AvgIpc) is 3.07. The molecule has 7 heteroatoms. The number of aromatic nitrogens is 1. The third-order valence-electron chi connectivity index (χ3n) is 6.94. The fourth-order valence-electron chi connectivity index (χ4n) is 4.01. The summed E-state index contributed by atoms with van der Waals surface area (Å²) in [4.78, 5) is 18.0. The number of hydrogen-bond donors (Lipinski definition) is 1. The van der Waals surface area contributed by atoms with Crippen LogP contribution in [0.15, 0.2) is 24.3 Å². The molecule has 1 N–H and O–H groups in total. The number of amides is 1. The Morgan fingerprint density at radius 3 is 2.52 bits per heavy atom. The number of aromatic amines is 1. The highest BCUT2D eigenvalue weighted by molar-refractivity contribution is 9.09. The van der Waals surface area contributed by atoms with Gasteiger partial charge in [0.05, 0.1) is 4.95 Å². The summed E-state index contributed by atoms with van der Waals surface area (Å²) in [5.74, 6) is 0.232. The summed E-state index contributed by atoms with van der Waals surface area (Å²) in [5, 5.41) is 1.44. The molecule has 1 amide bonds. The van der Waals surface area contributed by atoms with Crippen LogP contribution in [-0.2, 0) is 15.6 Å². The second-order valence-corrected chi connectivity index (χ2v) is 17.5. The maximum Gasteiger partial charge on any atom is 0.411 e. The molecule has 2 heterocycles. The number of likely N-dealkylation sites (tertiary alicyclic amines) is 1. The van der Waals surface area contributed by atoms with E-state index in [2.05, 4.69) is 79.0 Å². The minimum Gasteiger partial charge on any atom is -0.444 e. The first-order chi connectivity index (χ1) is 15.2. The van der Waals surface area contributed by atoms with Gasteiger partial charge in [-0.1, -0.05) is 42.8 Å². The first-order valence-corrected chi connectivity index (χ1v) is 15.9. The van der Waals surface area contributed by atoms with Gasteiger partial charge >= 0.3 is 6.09 Å². The topological polar surface area (TPSA) is 54.6 Å². The van der Waals surface area contributed by atoms with Crippen molar-refractivity contribution in [2.75, 3.05) is 13.2 Å². The van der Waals surface area contributed by atoms with E-state index in [4.69, 9.17) is 9.16 Å². The highest BCUT2D eigenvalue weighted by atomic mass is 79.9. The monoisotopic (exact) mass is 536 g/mol. The maximum absolute atomic E-state index is 12.7. The first-order valence-electron chi connectivity index (χ1n) is 12.1. The van der Waals surface area contributed by atoms with Crippen LogP contribution in [0, 0.1) is 0 Å². The summed E-state index contributed by atoms with van der Waals surface area (Å²) in [6.07, 6.45) is 2.64. The van der Waals surface area contributed by atoms with Crippen LogP contribution < -0.4 is 0 Å². The molecule has 1 aliphatic heterocycles. The van der Waals surface area contributed by atoms with Gasteiger partial charge in [0, 0.05) is 36.7 Å². The van der Waals surface area contributed by atoms with Gasteiger partial charge in [-0.2, -0.15) is 0 Å². The molecule has 0 spiro atoms. The Kier molecular flexibility index (Phi) is 7.76. The molecule has 2 atom stereocenters. The van der Waals surface area contributed by atoms with E-state index in [1.807, 2.05) is 25.7 Å². The zero-order valence-corrected chi connectivity index (χ0v) is 24.1. The van der Waals surface area contributed by atoms with E-state index in [1.54, 1.807) is 0 Å². The van der Waals surface area contributed by atoms with Crippen LogP contribution in [0.1, 0.15) is 71.6 Å². The van der Waals surface area contributed by atoms with Crippen LogP contribution in [-0.4, -0.2) is 48.0 Å². The summed E-state index contributed by atoms with van der Waals surface area (Å²) in [7, 11) is -1.73. The summed E-state index contributed by atoms with van der Waals surface area (Å²) >= 11 is 3.81. The van der Waals surface area contributed by atoms with Gasteiger partial charge in [-0.05, 0) is 80.9 Å². The molecule has 0 bridgehead atoms. The Bertz CT molecular complexity index is 974. The number of halogens is 1. The van der Waals surface area contributed by atoms with Gasteiger partial charge in [-0.25, -0.2) is 4.79 Å². The number of alkyl halides is 1. The minimum absolute atomic E-state index is 0.0741. The predicted molar refractivity (Wildman–Crippen MR) is 143 cm³/mol. The number of H-pyrrole nitrogens is 1. The number of rotatable bonds is 5. The van der Waals surface area contributed by atoms with Gasteiger partial charge in [-0.3, -0.25) is 4.90 Å². The van der Waals surface area contributed by atoms with E-state index in [9.17, 15) is 4.79 Å². The lowest BCUT2D eigenvalue weighted by Crippen LogP contribution is -2.46. The number of ether oxygens (including phenoxy) is 1. The predicted octanol–water partition coefficient (Wildman–Crippen LogP) is 7.57. The Hall–Kier alpha value is -1.31.